The van der Waals surface area contributed by atoms with Gasteiger partial charge in [0, 0.05) is 13.2 Å². The predicted octanol–water partition coefficient (Wildman–Crippen LogP) is 0.806. The highest BCUT2D eigenvalue weighted by Gasteiger charge is 2.01. The summed E-state index contributed by atoms with van der Waals surface area (Å²) in [7, 11) is 1.62. The third-order valence-electron chi connectivity index (χ3n) is 1.42. The van der Waals surface area contributed by atoms with Gasteiger partial charge in [-0.15, -0.1) is 0 Å². The van der Waals surface area contributed by atoms with Crippen LogP contribution in [0.4, 0.5) is 5.82 Å². The third kappa shape index (κ3) is 3.39. The van der Waals surface area contributed by atoms with Crippen molar-refractivity contribution in [3.63, 3.8) is 0 Å². The Labute approximate surface area is 87.0 Å². The van der Waals surface area contributed by atoms with Crippen LogP contribution < -0.4 is 10.5 Å². The summed E-state index contributed by atoms with van der Waals surface area (Å²) in [6, 6.07) is 1.59. The Morgan fingerprint density at radius 3 is 2.86 bits per heavy atom. The molecule has 0 atom stereocenters. The first kappa shape index (κ1) is 11.1. The van der Waals surface area contributed by atoms with Crippen LogP contribution >= 0.6 is 11.8 Å². The van der Waals surface area contributed by atoms with E-state index in [1.165, 1.54) is 11.8 Å². The fourth-order valence-corrected chi connectivity index (χ4v) is 1.19. The average Bonchev–Trinajstić information content (AvgIpc) is 2.17. The summed E-state index contributed by atoms with van der Waals surface area (Å²) in [6.45, 7) is 0.985. The van der Waals surface area contributed by atoms with E-state index in [-0.39, 0.29) is 0 Å². The van der Waals surface area contributed by atoms with Gasteiger partial charge in [0.25, 0.3) is 0 Å². The third-order valence-corrected chi connectivity index (χ3v) is 1.97. The molecule has 1 aromatic rings. The lowest BCUT2D eigenvalue weighted by molar-refractivity contribution is 0.143. The lowest BCUT2D eigenvalue weighted by Crippen LogP contribution is -2.06. The van der Waals surface area contributed by atoms with Crippen molar-refractivity contribution in [2.24, 2.45) is 0 Å². The number of nitrogens with two attached hydrogens (primary N) is 1. The maximum absolute atomic E-state index is 5.56. The zero-order valence-electron chi connectivity index (χ0n) is 8.19. The Hall–Kier alpha value is -1.01. The Bertz CT molecular complexity index is 296. The number of nitrogen functional groups attached to an aromatic ring is 1. The van der Waals surface area contributed by atoms with Gasteiger partial charge in [-0.05, 0) is 6.26 Å². The molecule has 78 valence electrons. The van der Waals surface area contributed by atoms with Crippen molar-refractivity contribution in [3.8, 4) is 5.88 Å². The average molecular weight is 215 g/mol. The van der Waals surface area contributed by atoms with E-state index in [0.29, 0.717) is 30.1 Å². The van der Waals surface area contributed by atoms with Gasteiger partial charge in [0.05, 0.1) is 6.61 Å². The lowest BCUT2D eigenvalue weighted by Gasteiger charge is -2.05. The molecule has 0 unspecified atom stereocenters. The molecule has 1 rings (SSSR count). The molecule has 5 nitrogen and oxygen atoms in total. The van der Waals surface area contributed by atoms with Gasteiger partial charge in [-0.3, -0.25) is 0 Å². The van der Waals surface area contributed by atoms with Crippen LogP contribution in [0.3, 0.4) is 0 Å². The van der Waals surface area contributed by atoms with E-state index in [2.05, 4.69) is 9.97 Å². The van der Waals surface area contributed by atoms with Crippen LogP contribution in [-0.2, 0) is 4.74 Å². The maximum atomic E-state index is 5.56. The largest absolute Gasteiger partial charge is 0.475 e. The summed E-state index contributed by atoms with van der Waals surface area (Å²) in [6.07, 6.45) is 1.88. The molecule has 0 radical (unpaired) electrons. The zero-order chi connectivity index (χ0) is 10.4. The van der Waals surface area contributed by atoms with E-state index in [4.69, 9.17) is 15.2 Å². The number of anilines is 1. The van der Waals surface area contributed by atoms with Crippen molar-refractivity contribution in [2.45, 2.75) is 5.16 Å². The highest BCUT2D eigenvalue weighted by molar-refractivity contribution is 7.98. The van der Waals surface area contributed by atoms with Crippen molar-refractivity contribution in [3.05, 3.63) is 6.07 Å². The molecular weight excluding hydrogens is 202 g/mol. The summed E-state index contributed by atoms with van der Waals surface area (Å²) in [5, 5.41) is 0.609. The number of hydrogen-bond acceptors (Lipinski definition) is 6. The molecule has 2 N–H and O–H groups in total. The van der Waals surface area contributed by atoms with Gasteiger partial charge in [0.1, 0.15) is 12.4 Å². The van der Waals surface area contributed by atoms with Gasteiger partial charge in [0.2, 0.25) is 5.88 Å². The van der Waals surface area contributed by atoms with Gasteiger partial charge in [-0.1, -0.05) is 11.8 Å². The number of methoxy groups -OCH3 is 1. The van der Waals surface area contributed by atoms with Gasteiger partial charge in [-0.2, -0.15) is 4.98 Å². The number of aromatic nitrogens is 2. The molecule has 0 amide bonds. The number of nitrogens with zero attached hydrogens (tertiary/aromatic N) is 2. The fourth-order valence-electron chi connectivity index (χ4n) is 0.816. The molecular formula is C8H13N3O2S. The molecule has 6 heteroatoms. The van der Waals surface area contributed by atoms with Crippen molar-refractivity contribution in [1.29, 1.82) is 0 Å². The predicted molar refractivity (Wildman–Crippen MR) is 55.6 cm³/mol. The monoisotopic (exact) mass is 215 g/mol. The minimum absolute atomic E-state index is 0.414. The summed E-state index contributed by atoms with van der Waals surface area (Å²) < 4.78 is 10.1. The van der Waals surface area contributed by atoms with Crippen LogP contribution in [-0.4, -0.2) is 36.5 Å². The Morgan fingerprint density at radius 1 is 1.43 bits per heavy atom. The van der Waals surface area contributed by atoms with Gasteiger partial charge in [-0.25, -0.2) is 4.98 Å². The SMILES string of the molecule is COCCOc1cc(N)nc(SC)n1. The second-order valence-corrected chi connectivity index (χ2v) is 3.23. The van der Waals surface area contributed by atoms with Crippen LogP contribution in [0, 0.1) is 0 Å². The number of thioether (sulfide) groups is 1. The Morgan fingerprint density at radius 2 is 2.21 bits per heavy atom. The molecule has 0 saturated heterocycles. The summed E-state index contributed by atoms with van der Waals surface area (Å²) >= 11 is 1.42. The number of hydrogen-bond donors (Lipinski definition) is 1. The van der Waals surface area contributed by atoms with E-state index in [1.807, 2.05) is 6.26 Å². The second-order valence-electron chi connectivity index (χ2n) is 2.46. The molecule has 0 aliphatic heterocycles. The summed E-state index contributed by atoms with van der Waals surface area (Å²) in [5.74, 6) is 0.899. The van der Waals surface area contributed by atoms with Crippen molar-refractivity contribution in [2.75, 3.05) is 32.3 Å². The number of ether oxygens (including phenoxy) is 2. The van der Waals surface area contributed by atoms with Crippen LogP contribution in [0.5, 0.6) is 5.88 Å². The quantitative estimate of drug-likeness (QED) is 0.445. The number of rotatable bonds is 5. The van der Waals surface area contributed by atoms with Gasteiger partial charge < -0.3 is 15.2 Å². The lowest BCUT2D eigenvalue weighted by atomic mass is 10.6. The first-order valence-electron chi connectivity index (χ1n) is 4.06. The van der Waals surface area contributed by atoms with E-state index < -0.39 is 0 Å². The molecule has 14 heavy (non-hydrogen) atoms. The van der Waals surface area contributed by atoms with Gasteiger partial charge >= 0.3 is 0 Å². The van der Waals surface area contributed by atoms with E-state index in [9.17, 15) is 0 Å². The molecule has 0 fully saturated rings. The minimum atomic E-state index is 0.414. The standard InChI is InChI=1S/C8H13N3O2S/c1-12-3-4-13-7-5-6(9)10-8(11-7)14-2/h5H,3-4H2,1-2H3,(H2,9,10,11). The normalized spacial score (nSPS) is 10.1. The van der Waals surface area contributed by atoms with E-state index >= 15 is 0 Å². The molecule has 0 saturated carbocycles. The van der Waals surface area contributed by atoms with E-state index in [0.717, 1.165) is 0 Å². The smallest absolute Gasteiger partial charge is 0.219 e. The minimum Gasteiger partial charge on any atom is -0.475 e. The highest BCUT2D eigenvalue weighted by Crippen LogP contribution is 2.16. The maximum Gasteiger partial charge on any atom is 0.219 e. The molecule has 0 bridgehead atoms. The van der Waals surface area contributed by atoms with Crippen LogP contribution in [0.1, 0.15) is 0 Å². The van der Waals surface area contributed by atoms with Crippen molar-refractivity contribution >= 4 is 17.6 Å². The molecule has 0 aromatic carbocycles. The van der Waals surface area contributed by atoms with Crippen LogP contribution in [0.25, 0.3) is 0 Å². The highest BCUT2D eigenvalue weighted by atomic mass is 32.2. The van der Waals surface area contributed by atoms with Crippen molar-refractivity contribution < 1.29 is 9.47 Å². The second kappa shape index (κ2) is 5.66. The summed E-state index contributed by atoms with van der Waals surface area (Å²) in [4.78, 5) is 8.12. The molecule has 1 aromatic heterocycles. The van der Waals surface area contributed by atoms with Crippen molar-refractivity contribution in [1.82, 2.24) is 9.97 Å². The van der Waals surface area contributed by atoms with E-state index in [1.54, 1.807) is 13.2 Å². The Balaban J connectivity index is 2.62. The fraction of sp³-hybridized carbons (Fsp3) is 0.500. The summed E-state index contributed by atoms with van der Waals surface area (Å²) in [5.41, 5.74) is 5.56. The topological polar surface area (TPSA) is 70.3 Å². The first-order chi connectivity index (χ1) is 6.76. The Kier molecular flexibility index (Phi) is 4.48. The van der Waals surface area contributed by atoms with Gasteiger partial charge in [0.15, 0.2) is 5.16 Å². The molecule has 0 aliphatic rings. The zero-order valence-corrected chi connectivity index (χ0v) is 9.00. The molecule has 0 aliphatic carbocycles. The molecule has 1 heterocycles. The molecule has 0 spiro atoms. The van der Waals surface area contributed by atoms with Crippen LogP contribution in [0.2, 0.25) is 0 Å². The van der Waals surface area contributed by atoms with Crippen LogP contribution in [0.15, 0.2) is 11.2 Å². The first-order valence-corrected chi connectivity index (χ1v) is 5.29.